The number of amides is 1. The topological polar surface area (TPSA) is 82.5 Å². The highest BCUT2D eigenvalue weighted by atomic mass is 16.5. The fraction of sp³-hybridized carbons (Fsp3) is 0.167. The lowest BCUT2D eigenvalue weighted by Crippen LogP contribution is -2.20. The van der Waals surface area contributed by atoms with Gasteiger partial charge < -0.3 is 14.9 Å². The van der Waals surface area contributed by atoms with Crippen LogP contribution < -0.4 is 16.1 Å². The number of nitrogens with two attached hydrogens (primary N) is 1. The zero-order valence-corrected chi connectivity index (χ0v) is 9.23. The Morgan fingerprint density at radius 3 is 2.82 bits per heavy atom. The van der Waals surface area contributed by atoms with Crippen molar-refractivity contribution in [3.8, 4) is 5.75 Å². The summed E-state index contributed by atoms with van der Waals surface area (Å²) in [4.78, 5) is 22.4. The van der Waals surface area contributed by atoms with E-state index < -0.39 is 11.5 Å². The molecular weight excluding hydrogens is 222 g/mol. The van der Waals surface area contributed by atoms with Gasteiger partial charge in [-0.3, -0.25) is 4.79 Å². The molecule has 2 rings (SSSR count). The fourth-order valence-electron chi connectivity index (χ4n) is 1.52. The molecule has 0 saturated carbocycles. The van der Waals surface area contributed by atoms with Gasteiger partial charge in [0, 0.05) is 11.5 Å². The fourth-order valence-corrected chi connectivity index (χ4v) is 1.52. The third-order valence-corrected chi connectivity index (χ3v) is 2.28. The maximum absolute atomic E-state index is 11.4. The quantitative estimate of drug-likeness (QED) is 0.810. The first kappa shape index (κ1) is 11.2. The zero-order chi connectivity index (χ0) is 12.4. The number of rotatable bonds is 3. The third-order valence-electron chi connectivity index (χ3n) is 2.28. The number of fused-ring (bicyclic) bond motifs is 1. The molecule has 0 unspecified atom stereocenters. The summed E-state index contributed by atoms with van der Waals surface area (Å²) in [5.41, 5.74) is 4.54. The molecule has 1 heterocycles. The van der Waals surface area contributed by atoms with Crippen LogP contribution in [0.25, 0.3) is 11.0 Å². The highest BCUT2D eigenvalue weighted by Crippen LogP contribution is 2.20. The predicted octanol–water partition coefficient (Wildman–Crippen LogP) is 1.29. The van der Waals surface area contributed by atoms with Crippen molar-refractivity contribution in [3.63, 3.8) is 0 Å². The molecule has 5 heteroatoms. The molecule has 5 nitrogen and oxygen atoms in total. The number of benzene rings is 1. The molecule has 0 aliphatic carbocycles. The van der Waals surface area contributed by atoms with Crippen LogP contribution in [0.15, 0.2) is 33.5 Å². The van der Waals surface area contributed by atoms with Crippen molar-refractivity contribution in [1.29, 1.82) is 0 Å². The molecular formula is C12H11NO4. The van der Waals surface area contributed by atoms with Crippen LogP contribution in [0, 0.1) is 0 Å². The molecule has 1 amide bonds. The van der Waals surface area contributed by atoms with E-state index in [0.717, 1.165) is 0 Å². The second-order valence-corrected chi connectivity index (χ2v) is 3.44. The van der Waals surface area contributed by atoms with Crippen molar-refractivity contribution in [2.45, 2.75) is 6.92 Å². The van der Waals surface area contributed by atoms with Crippen LogP contribution in [0.4, 0.5) is 0 Å². The van der Waals surface area contributed by atoms with Gasteiger partial charge in [-0.1, -0.05) is 0 Å². The summed E-state index contributed by atoms with van der Waals surface area (Å²) < 4.78 is 10.3. The summed E-state index contributed by atoms with van der Waals surface area (Å²) in [6.07, 6.45) is 0. The number of hydrogen-bond acceptors (Lipinski definition) is 4. The number of hydrogen-bond donors (Lipinski definition) is 1. The van der Waals surface area contributed by atoms with E-state index in [1.165, 1.54) is 6.07 Å². The van der Waals surface area contributed by atoms with Crippen molar-refractivity contribution in [1.82, 2.24) is 0 Å². The van der Waals surface area contributed by atoms with Crippen molar-refractivity contribution in [3.05, 3.63) is 40.2 Å². The average Bonchev–Trinajstić information content (AvgIpc) is 2.28. The van der Waals surface area contributed by atoms with Gasteiger partial charge in [0.1, 0.15) is 16.9 Å². The number of carbonyl (C=O) groups is 1. The highest BCUT2D eigenvalue weighted by molar-refractivity contribution is 5.95. The Morgan fingerprint density at radius 2 is 2.18 bits per heavy atom. The summed E-state index contributed by atoms with van der Waals surface area (Å²) in [7, 11) is 0. The molecule has 17 heavy (non-hydrogen) atoms. The minimum absolute atomic E-state index is 0.151. The van der Waals surface area contributed by atoms with Gasteiger partial charge in [0.05, 0.1) is 6.61 Å². The van der Waals surface area contributed by atoms with Gasteiger partial charge in [-0.2, -0.15) is 0 Å². The van der Waals surface area contributed by atoms with Crippen LogP contribution >= 0.6 is 0 Å². The Bertz CT molecular complexity index is 630. The molecule has 0 spiro atoms. The number of primary amides is 1. The molecule has 0 aliphatic heterocycles. The minimum Gasteiger partial charge on any atom is -0.494 e. The van der Waals surface area contributed by atoms with Gasteiger partial charge in [-0.25, -0.2) is 4.79 Å². The van der Waals surface area contributed by atoms with Crippen LogP contribution in [0.2, 0.25) is 0 Å². The highest BCUT2D eigenvalue weighted by Gasteiger charge is 2.10. The van der Waals surface area contributed by atoms with E-state index in [4.69, 9.17) is 14.9 Å². The summed E-state index contributed by atoms with van der Waals surface area (Å²) in [5, 5.41) is 0.627. The first-order valence-electron chi connectivity index (χ1n) is 5.12. The Labute approximate surface area is 96.8 Å². The largest absolute Gasteiger partial charge is 0.494 e. The summed E-state index contributed by atoms with van der Waals surface area (Å²) in [6, 6.07) is 6.45. The van der Waals surface area contributed by atoms with E-state index >= 15 is 0 Å². The van der Waals surface area contributed by atoms with E-state index in [2.05, 4.69) is 0 Å². The molecule has 2 N–H and O–H groups in total. The smallest absolute Gasteiger partial charge is 0.349 e. The third kappa shape index (κ3) is 2.13. The van der Waals surface area contributed by atoms with Crippen LogP contribution in [-0.2, 0) is 0 Å². The Hall–Kier alpha value is -2.30. The molecule has 0 atom stereocenters. The van der Waals surface area contributed by atoms with Gasteiger partial charge in [0.25, 0.3) is 5.91 Å². The lowest BCUT2D eigenvalue weighted by Gasteiger charge is -2.04. The standard InChI is InChI=1S/C12H11NO4/c1-2-16-8-4-3-7-5-9(11(13)14)12(15)17-10(7)6-8/h3-6H,2H2,1H3,(H2,13,14). The molecule has 0 radical (unpaired) electrons. The number of ether oxygens (including phenoxy) is 1. The van der Waals surface area contributed by atoms with Crippen molar-refractivity contribution < 1.29 is 13.9 Å². The first-order valence-corrected chi connectivity index (χ1v) is 5.12. The van der Waals surface area contributed by atoms with Crippen molar-refractivity contribution >= 4 is 16.9 Å². The van der Waals surface area contributed by atoms with Crippen LogP contribution in [0.3, 0.4) is 0 Å². The van der Waals surface area contributed by atoms with Crippen molar-refractivity contribution in [2.24, 2.45) is 5.73 Å². The van der Waals surface area contributed by atoms with E-state index in [0.29, 0.717) is 23.3 Å². The molecule has 1 aromatic heterocycles. The molecule has 0 aliphatic rings. The second-order valence-electron chi connectivity index (χ2n) is 3.44. The Kier molecular flexibility index (Phi) is 2.82. The van der Waals surface area contributed by atoms with E-state index in [1.807, 2.05) is 6.92 Å². The molecule has 2 aromatic rings. The second kappa shape index (κ2) is 4.29. The summed E-state index contributed by atoms with van der Waals surface area (Å²) in [5.74, 6) is -0.190. The van der Waals surface area contributed by atoms with E-state index in [-0.39, 0.29) is 5.56 Å². The van der Waals surface area contributed by atoms with Gasteiger partial charge in [0.2, 0.25) is 0 Å². The SMILES string of the molecule is CCOc1ccc2cc(C(N)=O)c(=O)oc2c1. The molecule has 1 aromatic carbocycles. The van der Waals surface area contributed by atoms with E-state index in [9.17, 15) is 9.59 Å². The number of carbonyl (C=O) groups excluding carboxylic acids is 1. The van der Waals surface area contributed by atoms with Gasteiger partial charge in [0.15, 0.2) is 0 Å². The minimum atomic E-state index is -0.797. The van der Waals surface area contributed by atoms with Crippen LogP contribution in [-0.4, -0.2) is 12.5 Å². The average molecular weight is 233 g/mol. The lowest BCUT2D eigenvalue weighted by molar-refractivity contribution is 0.0997. The first-order chi connectivity index (χ1) is 8.11. The van der Waals surface area contributed by atoms with Gasteiger partial charge in [-0.15, -0.1) is 0 Å². The maximum Gasteiger partial charge on any atom is 0.349 e. The van der Waals surface area contributed by atoms with Crippen LogP contribution in [0.5, 0.6) is 5.75 Å². The Morgan fingerprint density at radius 1 is 1.41 bits per heavy atom. The van der Waals surface area contributed by atoms with Gasteiger partial charge >= 0.3 is 5.63 Å². The molecule has 0 bridgehead atoms. The molecule has 88 valence electrons. The summed E-state index contributed by atoms with van der Waals surface area (Å²) in [6.45, 7) is 2.38. The summed E-state index contributed by atoms with van der Waals surface area (Å²) >= 11 is 0. The molecule has 0 saturated heterocycles. The normalized spacial score (nSPS) is 10.4. The maximum atomic E-state index is 11.4. The zero-order valence-electron chi connectivity index (χ0n) is 9.23. The van der Waals surface area contributed by atoms with Crippen molar-refractivity contribution in [2.75, 3.05) is 6.61 Å². The molecule has 0 fully saturated rings. The predicted molar refractivity (Wildman–Crippen MR) is 62.2 cm³/mol. The Balaban J connectivity index is 2.62. The van der Waals surface area contributed by atoms with E-state index in [1.54, 1.807) is 18.2 Å². The van der Waals surface area contributed by atoms with Gasteiger partial charge in [-0.05, 0) is 25.1 Å². The lowest BCUT2D eigenvalue weighted by atomic mass is 10.2. The monoisotopic (exact) mass is 233 g/mol. The van der Waals surface area contributed by atoms with Crippen LogP contribution in [0.1, 0.15) is 17.3 Å².